The molecule has 0 saturated heterocycles. The molecule has 0 aliphatic rings. The van der Waals surface area contributed by atoms with Crippen molar-refractivity contribution in [2.24, 2.45) is 0 Å². The Bertz CT molecular complexity index is 1310. The predicted molar refractivity (Wildman–Crippen MR) is 124 cm³/mol. The molecular weight excluding hydrogens is 446 g/mol. The molecule has 0 fully saturated rings. The van der Waals surface area contributed by atoms with Crippen LogP contribution in [-0.2, 0) is 27.9 Å². The lowest BCUT2D eigenvalue weighted by atomic mass is 10.2. The number of carbonyl (C=O) groups is 1. The van der Waals surface area contributed by atoms with Gasteiger partial charge in [0.05, 0.1) is 34.5 Å². The molecule has 0 radical (unpaired) electrons. The van der Waals surface area contributed by atoms with Gasteiger partial charge in [0.1, 0.15) is 10.8 Å². The van der Waals surface area contributed by atoms with Crippen LogP contribution in [0.3, 0.4) is 0 Å². The minimum absolute atomic E-state index is 0.0759. The van der Waals surface area contributed by atoms with Crippen LogP contribution in [0.25, 0.3) is 16.3 Å². The van der Waals surface area contributed by atoms with E-state index in [0.717, 1.165) is 20.8 Å². The van der Waals surface area contributed by atoms with Gasteiger partial charge in [0.2, 0.25) is 15.9 Å². The number of nitrogens with one attached hydrogen (secondary N) is 1. The van der Waals surface area contributed by atoms with Crippen LogP contribution in [0.5, 0.6) is 0 Å². The van der Waals surface area contributed by atoms with E-state index in [1.54, 1.807) is 53.6 Å². The number of aromatic nitrogens is 1. The Hall–Kier alpha value is -3.27. The zero-order valence-electron chi connectivity index (χ0n) is 17.3. The maximum absolute atomic E-state index is 12.5. The lowest BCUT2D eigenvalue weighted by Crippen LogP contribution is -2.24. The van der Waals surface area contributed by atoms with Crippen molar-refractivity contribution in [2.75, 3.05) is 7.05 Å². The van der Waals surface area contributed by atoms with Crippen LogP contribution >= 0.6 is 11.3 Å². The van der Waals surface area contributed by atoms with Crippen molar-refractivity contribution in [1.29, 1.82) is 0 Å². The maximum atomic E-state index is 12.5. The van der Waals surface area contributed by atoms with Gasteiger partial charge in [-0.25, -0.2) is 18.1 Å². The first-order valence-electron chi connectivity index (χ1n) is 9.80. The van der Waals surface area contributed by atoms with Crippen LogP contribution in [-0.4, -0.2) is 31.3 Å². The van der Waals surface area contributed by atoms with E-state index in [2.05, 4.69) is 9.71 Å². The topological polar surface area (TPSA) is 92.5 Å². The smallest absolute Gasteiger partial charge is 0.246 e. The van der Waals surface area contributed by atoms with Gasteiger partial charge >= 0.3 is 0 Å². The fraction of sp³-hybridized carbons (Fsp3) is 0.130. The molecule has 0 saturated carbocycles. The number of hydrogen-bond donors (Lipinski definition) is 1. The van der Waals surface area contributed by atoms with E-state index < -0.39 is 10.0 Å². The highest BCUT2D eigenvalue weighted by Gasteiger charge is 2.14. The predicted octanol–water partition coefficient (Wildman–Crippen LogP) is 4.04. The van der Waals surface area contributed by atoms with E-state index in [4.69, 9.17) is 4.42 Å². The Labute approximate surface area is 190 Å². The number of furan rings is 1. The summed E-state index contributed by atoms with van der Waals surface area (Å²) in [6.45, 7) is 0.494. The van der Waals surface area contributed by atoms with E-state index in [1.165, 1.54) is 24.5 Å². The summed E-state index contributed by atoms with van der Waals surface area (Å²) in [5.41, 5.74) is 1.65. The molecule has 0 bridgehead atoms. The van der Waals surface area contributed by atoms with Gasteiger partial charge in [-0.3, -0.25) is 4.79 Å². The summed E-state index contributed by atoms with van der Waals surface area (Å²) in [6, 6.07) is 17.6. The number of fused-ring (bicyclic) bond motifs is 1. The van der Waals surface area contributed by atoms with Crippen molar-refractivity contribution in [3.63, 3.8) is 0 Å². The summed E-state index contributed by atoms with van der Waals surface area (Å²) >= 11 is 1.57. The monoisotopic (exact) mass is 467 g/mol. The van der Waals surface area contributed by atoms with Crippen LogP contribution in [0.2, 0.25) is 0 Å². The van der Waals surface area contributed by atoms with Gasteiger partial charge in [-0.15, -0.1) is 11.3 Å². The molecule has 0 atom stereocenters. The van der Waals surface area contributed by atoms with Crippen molar-refractivity contribution in [1.82, 2.24) is 14.6 Å². The number of likely N-dealkylation sites (N-methyl/N-ethyl adjacent to an activating group) is 1. The molecule has 4 aromatic rings. The Kier molecular flexibility index (Phi) is 6.50. The van der Waals surface area contributed by atoms with Crippen molar-refractivity contribution >= 4 is 43.6 Å². The summed E-state index contributed by atoms with van der Waals surface area (Å²) in [5, 5.41) is 0.868. The SMILES string of the molecule is CN(Cc1nc2ccccc2s1)C(=O)/C=C/c1ccc(S(=O)(=O)NCc2ccco2)cc1. The number of para-hydroxylation sites is 1. The molecular formula is C23H21N3O4S2. The van der Waals surface area contributed by atoms with Gasteiger partial charge in [-0.2, -0.15) is 0 Å². The Morgan fingerprint density at radius 2 is 1.91 bits per heavy atom. The molecule has 0 aliphatic heterocycles. The summed E-state index contributed by atoms with van der Waals surface area (Å²) in [6.07, 6.45) is 4.61. The molecule has 0 unspecified atom stereocenters. The van der Waals surface area contributed by atoms with E-state index in [9.17, 15) is 13.2 Å². The molecule has 0 aliphatic carbocycles. The number of thiazole rings is 1. The first kappa shape index (κ1) is 21.9. The Morgan fingerprint density at radius 1 is 1.12 bits per heavy atom. The van der Waals surface area contributed by atoms with Gasteiger partial charge in [-0.05, 0) is 48.0 Å². The van der Waals surface area contributed by atoms with Crippen LogP contribution in [0.1, 0.15) is 16.3 Å². The fourth-order valence-corrected chi connectivity index (χ4v) is 5.00. The zero-order chi connectivity index (χ0) is 22.6. The lowest BCUT2D eigenvalue weighted by Gasteiger charge is -2.12. The fourth-order valence-electron chi connectivity index (χ4n) is 2.98. The third-order valence-electron chi connectivity index (χ3n) is 4.71. The number of rotatable bonds is 8. The van der Waals surface area contributed by atoms with Crippen molar-refractivity contribution in [2.45, 2.75) is 18.0 Å². The largest absolute Gasteiger partial charge is 0.468 e. The highest BCUT2D eigenvalue weighted by atomic mass is 32.2. The molecule has 2 heterocycles. The second kappa shape index (κ2) is 9.47. The van der Waals surface area contributed by atoms with Crippen molar-refractivity contribution < 1.29 is 17.6 Å². The minimum Gasteiger partial charge on any atom is -0.468 e. The van der Waals surface area contributed by atoms with Crippen molar-refractivity contribution in [3.8, 4) is 0 Å². The van der Waals surface area contributed by atoms with E-state index in [1.807, 2.05) is 24.3 Å². The quantitative estimate of drug-likeness (QED) is 0.395. The summed E-state index contributed by atoms with van der Waals surface area (Å²) < 4.78 is 33.5. The van der Waals surface area contributed by atoms with Gasteiger partial charge in [0, 0.05) is 13.1 Å². The van der Waals surface area contributed by atoms with Gasteiger partial charge in [0.15, 0.2) is 0 Å². The molecule has 2 aromatic heterocycles. The van der Waals surface area contributed by atoms with Crippen LogP contribution in [0.15, 0.2) is 82.3 Å². The average molecular weight is 468 g/mol. The molecule has 32 heavy (non-hydrogen) atoms. The normalized spacial score (nSPS) is 11.9. The third kappa shape index (κ3) is 5.31. The first-order chi connectivity index (χ1) is 15.4. The number of carbonyl (C=O) groups excluding carboxylic acids is 1. The van der Waals surface area contributed by atoms with Gasteiger partial charge in [0.25, 0.3) is 0 Å². The lowest BCUT2D eigenvalue weighted by molar-refractivity contribution is -0.125. The molecule has 4 rings (SSSR count). The summed E-state index contributed by atoms with van der Waals surface area (Å²) in [7, 11) is -1.94. The van der Waals surface area contributed by atoms with Gasteiger partial charge in [-0.1, -0.05) is 24.3 Å². The van der Waals surface area contributed by atoms with E-state index in [0.29, 0.717) is 12.3 Å². The minimum atomic E-state index is -3.66. The van der Waals surface area contributed by atoms with Gasteiger partial charge < -0.3 is 9.32 Å². The number of sulfonamides is 1. The zero-order valence-corrected chi connectivity index (χ0v) is 18.9. The van der Waals surface area contributed by atoms with Crippen LogP contribution < -0.4 is 4.72 Å². The molecule has 9 heteroatoms. The maximum Gasteiger partial charge on any atom is 0.246 e. The molecule has 1 amide bonds. The summed E-state index contributed by atoms with van der Waals surface area (Å²) in [4.78, 5) is 18.7. The first-order valence-corrected chi connectivity index (χ1v) is 12.1. The summed E-state index contributed by atoms with van der Waals surface area (Å²) in [5.74, 6) is 0.364. The number of benzene rings is 2. The van der Waals surface area contributed by atoms with Crippen LogP contribution in [0.4, 0.5) is 0 Å². The molecule has 7 nitrogen and oxygen atoms in total. The Balaban J connectivity index is 1.35. The number of hydrogen-bond acceptors (Lipinski definition) is 6. The average Bonchev–Trinajstić information content (AvgIpc) is 3.45. The third-order valence-corrected chi connectivity index (χ3v) is 7.15. The number of amides is 1. The highest BCUT2D eigenvalue weighted by molar-refractivity contribution is 7.89. The molecule has 0 spiro atoms. The second-order valence-corrected chi connectivity index (χ2v) is 9.96. The highest BCUT2D eigenvalue weighted by Crippen LogP contribution is 2.22. The molecule has 2 aromatic carbocycles. The van der Waals surface area contributed by atoms with E-state index in [-0.39, 0.29) is 17.3 Å². The van der Waals surface area contributed by atoms with Crippen LogP contribution in [0, 0.1) is 0 Å². The van der Waals surface area contributed by atoms with E-state index >= 15 is 0 Å². The second-order valence-electron chi connectivity index (χ2n) is 7.08. The molecule has 164 valence electrons. The standard InChI is InChI=1S/C23H21N3O4S2/c1-26(16-22-25-20-6-2-3-7-21(20)31-22)23(27)13-10-17-8-11-19(12-9-17)32(28,29)24-15-18-5-4-14-30-18/h2-14,24H,15-16H2,1H3/b13-10+. The Morgan fingerprint density at radius 3 is 2.62 bits per heavy atom. The molecule has 1 N–H and O–H groups in total. The van der Waals surface area contributed by atoms with Crippen molar-refractivity contribution in [3.05, 3.63) is 89.3 Å². The number of nitrogens with zero attached hydrogens (tertiary/aromatic N) is 2.